The Morgan fingerprint density at radius 1 is 1.28 bits per heavy atom. The standard InChI is InChI=1S/C6H8O4.C4H6O2.C2H4/c1-2-10-6(9)4-3-5(7)8;1-3(2)4(5)6;1-2/h3-4H,2H2,1H3,(H,7,8);1H2,2H3,(H,5,6);1-2H2/p-1/b4-3-;;. The molecule has 0 radical (unpaired) electrons. The number of esters is 1. The first kappa shape index (κ1) is 21.0. The van der Waals surface area contributed by atoms with Gasteiger partial charge in [0.1, 0.15) is 0 Å². The summed E-state index contributed by atoms with van der Waals surface area (Å²) in [5.41, 5.74) is 0.0648. The molecule has 0 spiro atoms. The summed E-state index contributed by atoms with van der Waals surface area (Å²) < 4.78 is 4.40. The third kappa shape index (κ3) is 23.4. The van der Waals surface area contributed by atoms with Crippen LogP contribution in [0.3, 0.4) is 0 Å². The lowest BCUT2D eigenvalue weighted by atomic mass is 10.4. The van der Waals surface area contributed by atoms with Crippen molar-refractivity contribution >= 4 is 17.9 Å². The zero-order chi connectivity index (χ0) is 15.1. The van der Waals surface area contributed by atoms with Crippen LogP contribution in [0.15, 0.2) is 37.5 Å². The van der Waals surface area contributed by atoms with Gasteiger partial charge in [0.25, 0.3) is 0 Å². The van der Waals surface area contributed by atoms with E-state index in [2.05, 4.69) is 24.5 Å². The fourth-order valence-corrected chi connectivity index (χ4v) is 0.330. The van der Waals surface area contributed by atoms with Crippen molar-refractivity contribution in [1.29, 1.82) is 0 Å². The molecule has 0 unspecified atom stereocenters. The van der Waals surface area contributed by atoms with Crippen LogP contribution in [-0.2, 0) is 19.1 Å². The van der Waals surface area contributed by atoms with E-state index in [0.29, 0.717) is 0 Å². The molecule has 0 atom stereocenters. The summed E-state index contributed by atoms with van der Waals surface area (Å²) in [4.78, 5) is 29.7. The van der Waals surface area contributed by atoms with Crippen LogP contribution in [0.25, 0.3) is 0 Å². The van der Waals surface area contributed by atoms with Gasteiger partial charge in [-0.3, -0.25) is 0 Å². The molecule has 1 N–H and O–H groups in total. The molecule has 0 fully saturated rings. The molecular formula is C12H17O6-. The molecule has 0 aromatic rings. The first-order valence-corrected chi connectivity index (χ1v) is 4.75. The number of carbonyl (C=O) groups is 3. The van der Waals surface area contributed by atoms with E-state index in [-0.39, 0.29) is 12.2 Å². The fourth-order valence-electron chi connectivity index (χ4n) is 0.330. The van der Waals surface area contributed by atoms with Gasteiger partial charge in [-0.05, 0) is 19.4 Å². The molecule has 0 amide bonds. The minimum absolute atomic E-state index is 0.0648. The quantitative estimate of drug-likeness (QED) is 0.441. The number of hydrogen-bond donors (Lipinski definition) is 1. The van der Waals surface area contributed by atoms with E-state index in [1.54, 1.807) is 6.92 Å². The molecule has 0 heterocycles. The van der Waals surface area contributed by atoms with Crippen LogP contribution in [0.2, 0.25) is 0 Å². The molecule has 0 rings (SSSR count). The molecule has 0 aliphatic rings. The van der Waals surface area contributed by atoms with E-state index in [4.69, 9.17) is 5.11 Å². The number of carbonyl (C=O) groups excluding carboxylic acids is 2. The summed E-state index contributed by atoms with van der Waals surface area (Å²) in [6.07, 6.45) is 1.60. The van der Waals surface area contributed by atoms with Crippen LogP contribution < -0.4 is 5.11 Å². The molecule has 0 aromatic heterocycles. The van der Waals surface area contributed by atoms with Crippen LogP contribution in [0.1, 0.15) is 13.8 Å². The van der Waals surface area contributed by atoms with Crippen LogP contribution in [0.5, 0.6) is 0 Å². The molecule has 18 heavy (non-hydrogen) atoms. The number of carboxylic acids is 2. The number of hydrogen-bond acceptors (Lipinski definition) is 5. The highest BCUT2D eigenvalue weighted by molar-refractivity contribution is 5.90. The van der Waals surface area contributed by atoms with E-state index in [9.17, 15) is 19.5 Å². The normalized spacial score (nSPS) is 8.11. The van der Waals surface area contributed by atoms with Crippen LogP contribution in [-0.4, -0.2) is 29.6 Å². The van der Waals surface area contributed by atoms with Crippen molar-refractivity contribution < 1.29 is 29.3 Å². The second kappa shape index (κ2) is 14.6. The number of ether oxygens (including phenoxy) is 1. The van der Waals surface area contributed by atoms with Crippen molar-refractivity contribution in [3.8, 4) is 0 Å². The maximum Gasteiger partial charge on any atom is 0.330 e. The lowest BCUT2D eigenvalue weighted by Gasteiger charge is -1.93. The van der Waals surface area contributed by atoms with Crippen LogP contribution in [0.4, 0.5) is 0 Å². The third-order valence-corrected chi connectivity index (χ3v) is 0.997. The largest absolute Gasteiger partial charge is 0.545 e. The van der Waals surface area contributed by atoms with Gasteiger partial charge in [0, 0.05) is 12.2 Å². The number of aliphatic carboxylic acids is 2. The fraction of sp³-hybridized carbons (Fsp3) is 0.250. The average Bonchev–Trinajstić information content (AvgIpc) is 2.30. The zero-order valence-electron chi connectivity index (χ0n) is 10.5. The van der Waals surface area contributed by atoms with E-state index in [0.717, 1.165) is 12.2 Å². The summed E-state index contributed by atoms with van der Waals surface area (Å²) in [5, 5.41) is 17.5. The Bertz CT molecular complexity index is 305. The lowest BCUT2D eigenvalue weighted by Crippen LogP contribution is -2.22. The van der Waals surface area contributed by atoms with Gasteiger partial charge in [-0.2, -0.15) is 0 Å². The van der Waals surface area contributed by atoms with Gasteiger partial charge >= 0.3 is 11.9 Å². The Labute approximate surface area is 106 Å². The minimum atomic E-state index is -1.19. The van der Waals surface area contributed by atoms with E-state index in [1.807, 2.05) is 0 Å². The Hall–Kier alpha value is -2.37. The number of carboxylic acid groups (broad SMARTS) is 2. The Morgan fingerprint density at radius 3 is 1.89 bits per heavy atom. The Morgan fingerprint density at radius 2 is 1.67 bits per heavy atom. The van der Waals surface area contributed by atoms with Gasteiger partial charge in [-0.25, -0.2) is 9.59 Å². The SMILES string of the molecule is C=C.C=C(C)C(=O)[O-].CCOC(=O)/C=C\C(=O)O. The Kier molecular flexibility index (Phi) is 17.0. The van der Waals surface area contributed by atoms with Crippen molar-refractivity contribution in [1.82, 2.24) is 0 Å². The van der Waals surface area contributed by atoms with E-state index < -0.39 is 17.9 Å². The van der Waals surface area contributed by atoms with Gasteiger partial charge in [-0.15, -0.1) is 13.2 Å². The van der Waals surface area contributed by atoms with E-state index in [1.165, 1.54) is 6.92 Å². The highest BCUT2D eigenvalue weighted by atomic mass is 16.5. The molecule has 102 valence electrons. The van der Waals surface area contributed by atoms with Crippen molar-refractivity contribution in [2.45, 2.75) is 13.8 Å². The molecule has 0 bridgehead atoms. The van der Waals surface area contributed by atoms with Crippen molar-refractivity contribution in [3.63, 3.8) is 0 Å². The summed E-state index contributed by atoms with van der Waals surface area (Å²) in [6.45, 7) is 12.4. The van der Waals surface area contributed by atoms with Gasteiger partial charge in [0.05, 0.1) is 12.6 Å². The van der Waals surface area contributed by atoms with Gasteiger partial charge in [0.2, 0.25) is 0 Å². The van der Waals surface area contributed by atoms with Crippen molar-refractivity contribution in [2.24, 2.45) is 0 Å². The second-order valence-electron chi connectivity index (χ2n) is 2.49. The maximum atomic E-state index is 10.4. The molecule has 0 aliphatic carbocycles. The summed E-state index contributed by atoms with van der Waals surface area (Å²) in [5.74, 6) is -2.98. The highest BCUT2D eigenvalue weighted by Crippen LogP contribution is 1.80. The maximum absolute atomic E-state index is 10.4. The van der Waals surface area contributed by atoms with Gasteiger partial charge in [0.15, 0.2) is 0 Å². The van der Waals surface area contributed by atoms with Crippen molar-refractivity contribution in [2.75, 3.05) is 6.61 Å². The van der Waals surface area contributed by atoms with Crippen LogP contribution in [0, 0.1) is 0 Å². The first-order valence-electron chi connectivity index (χ1n) is 4.75. The molecule has 0 saturated heterocycles. The molecule has 6 heteroatoms. The van der Waals surface area contributed by atoms with Crippen LogP contribution >= 0.6 is 0 Å². The second-order valence-corrected chi connectivity index (χ2v) is 2.49. The lowest BCUT2D eigenvalue weighted by molar-refractivity contribution is -0.299. The predicted octanol–water partition coefficient (Wildman–Crippen LogP) is 0.305. The Balaban J connectivity index is -0.000000241. The summed E-state index contributed by atoms with van der Waals surface area (Å²) in [7, 11) is 0. The number of rotatable bonds is 4. The molecule has 6 nitrogen and oxygen atoms in total. The average molecular weight is 257 g/mol. The predicted molar refractivity (Wildman–Crippen MR) is 64.5 cm³/mol. The topological polar surface area (TPSA) is 104 Å². The van der Waals surface area contributed by atoms with Gasteiger partial charge in [-0.1, -0.05) is 6.58 Å². The monoisotopic (exact) mass is 257 g/mol. The highest BCUT2D eigenvalue weighted by Gasteiger charge is 1.94. The van der Waals surface area contributed by atoms with E-state index >= 15 is 0 Å². The molecule has 0 aromatic carbocycles. The molecular weight excluding hydrogens is 240 g/mol. The first-order chi connectivity index (χ1) is 8.31. The van der Waals surface area contributed by atoms with Crippen molar-refractivity contribution in [3.05, 3.63) is 37.5 Å². The minimum Gasteiger partial charge on any atom is -0.545 e. The summed E-state index contributed by atoms with van der Waals surface area (Å²) in [6, 6.07) is 0. The smallest absolute Gasteiger partial charge is 0.330 e. The molecule has 0 aliphatic heterocycles. The molecule has 0 saturated carbocycles. The summed E-state index contributed by atoms with van der Waals surface area (Å²) >= 11 is 0. The zero-order valence-corrected chi connectivity index (χ0v) is 10.5. The third-order valence-electron chi connectivity index (χ3n) is 0.997. The van der Waals surface area contributed by atoms with Gasteiger partial charge < -0.3 is 19.7 Å².